The predicted octanol–water partition coefficient (Wildman–Crippen LogP) is 3.90. The number of hydrogen-bond acceptors (Lipinski definition) is 5. The number of ether oxygens (including phenoxy) is 1. The zero-order valence-corrected chi connectivity index (χ0v) is 16.7. The number of carbonyl (C=O) groups is 4. The summed E-state index contributed by atoms with van der Waals surface area (Å²) >= 11 is 0. The molecular weight excluding hydrogens is 370 g/mol. The summed E-state index contributed by atoms with van der Waals surface area (Å²) in [4.78, 5) is 51.3. The van der Waals surface area contributed by atoms with Crippen molar-refractivity contribution < 1.29 is 23.9 Å². The van der Waals surface area contributed by atoms with E-state index >= 15 is 0 Å². The van der Waals surface area contributed by atoms with Gasteiger partial charge in [0.05, 0.1) is 11.1 Å². The number of Topliss-reactive ketones (excluding diaryl/α,β-unsaturated/α-hetero) is 1. The van der Waals surface area contributed by atoms with E-state index in [1.54, 1.807) is 43.3 Å². The van der Waals surface area contributed by atoms with Crippen LogP contribution in [-0.2, 0) is 4.79 Å². The Balaban J connectivity index is 1.84. The second-order valence-corrected chi connectivity index (χ2v) is 7.39. The van der Waals surface area contributed by atoms with Crippen molar-refractivity contribution in [2.75, 3.05) is 0 Å². The molecule has 0 radical (unpaired) electrons. The van der Waals surface area contributed by atoms with Gasteiger partial charge in [0.25, 0.3) is 11.8 Å². The zero-order valence-electron chi connectivity index (χ0n) is 16.7. The largest absolute Gasteiger partial charge is 0.425 e. The van der Waals surface area contributed by atoms with Gasteiger partial charge in [0.15, 0.2) is 5.78 Å². The van der Waals surface area contributed by atoms with Crippen LogP contribution in [0.1, 0.15) is 64.7 Å². The van der Waals surface area contributed by atoms with Crippen LogP contribution in [0.2, 0.25) is 0 Å². The van der Waals surface area contributed by atoms with Crippen molar-refractivity contribution >= 4 is 23.6 Å². The normalized spacial score (nSPS) is 14.1. The van der Waals surface area contributed by atoms with Gasteiger partial charge in [0.2, 0.25) is 0 Å². The first-order chi connectivity index (χ1) is 13.8. The monoisotopic (exact) mass is 393 g/mol. The van der Waals surface area contributed by atoms with Gasteiger partial charge in [0.1, 0.15) is 11.8 Å². The number of amides is 2. The number of imide groups is 1. The topological polar surface area (TPSA) is 80.8 Å². The molecule has 6 heteroatoms. The minimum atomic E-state index is -1.03. The van der Waals surface area contributed by atoms with E-state index in [-0.39, 0.29) is 23.9 Å². The summed E-state index contributed by atoms with van der Waals surface area (Å²) < 4.78 is 5.46. The molecule has 3 rings (SSSR count). The van der Waals surface area contributed by atoms with Crippen LogP contribution in [0.5, 0.6) is 5.75 Å². The Kier molecular flexibility index (Phi) is 5.92. The van der Waals surface area contributed by atoms with E-state index in [2.05, 4.69) is 0 Å². The zero-order chi connectivity index (χ0) is 21.1. The molecule has 0 fully saturated rings. The van der Waals surface area contributed by atoms with E-state index in [0.717, 1.165) is 4.90 Å². The first-order valence-corrected chi connectivity index (χ1v) is 9.65. The van der Waals surface area contributed by atoms with Crippen LogP contribution in [-0.4, -0.2) is 34.5 Å². The molecule has 150 valence electrons. The van der Waals surface area contributed by atoms with Crippen molar-refractivity contribution in [3.63, 3.8) is 0 Å². The summed E-state index contributed by atoms with van der Waals surface area (Å²) in [6.45, 7) is 5.59. The highest BCUT2D eigenvalue weighted by atomic mass is 16.5. The smallest absolute Gasteiger partial charge is 0.334 e. The molecule has 1 aliphatic rings. The lowest BCUT2D eigenvalue weighted by Gasteiger charge is -2.25. The summed E-state index contributed by atoms with van der Waals surface area (Å²) in [5.74, 6) is -1.35. The fourth-order valence-electron chi connectivity index (χ4n) is 3.34. The number of carbonyl (C=O) groups excluding carboxylic acids is 4. The van der Waals surface area contributed by atoms with Crippen LogP contribution in [0.4, 0.5) is 0 Å². The first kappa shape index (κ1) is 20.5. The molecule has 1 atom stereocenters. The van der Waals surface area contributed by atoms with Crippen LogP contribution in [0, 0.1) is 5.92 Å². The average molecular weight is 393 g/mol. The van der Waals surface area contributed by atoms with Gasteiger partial charge in [-0.25, -0.2) is 4.79 Å². The maximum absolute atomic E-state index is 12.9. The van der Waals surface area contributed by atoms with Gasteiger partial charge >= 0.3 is 5.97 Å². The van der Waals surface area contributed by atoms with E-state index < -0.39 is 23.8 Å². The molecule has 1 heterocycles. The maximum atomic E-state index is 12.9. The second kappa shape index (κ2) is 8.39. The predicted molar refractivity (Wildman–Crippen MR) is 107 cm³/mol. The van der Waals surface area contributed by atoms with E-state index in [0.29, 0.717) is 23.1 Å². The van der Waals surface area contributed by atoms with Crippen molar-refractivity contribution in [1.29, 1.82) is 0 Å². The number of rotatable bonds is 7. The first-order valence-electron chi connectivity index (χ1n) is 9.65. The van der Waals surface area contributed by atoms with Crippen LogP contribution >= 0.6 is 0 Å². The maximum Gasteiger partial charge on any atom is 0.334 e. The molecule has 2 amide bonds. The molecule has 0 aromatic heterocycles. The second-order valence-electron chi connectivity index (χ2n) is 7.39. The molecule has 0 saturated carbocycles. The van der Waals surface area contributed by atoms with Gasteiger partial charge < -0.3 is 4.74 Å². The molecule has 29 heavy (non-hydrogen) atoms. The Morgan fingerprint density at radius 1 is 0.931 bits per heavy atom. The van der Waals surface area contributed by atoms with Gasteiger partial charge in [0, 0.05) is 12.0 Å². The molecule has 0 bridgehead atoms. The lowest BCUT2D eigenvalue weighted by atomic mass is 10.0. The van der Waals surface area contributed by atoms with E-state index in [4.69, 9.17) is 4.74 Å². The third kappa shape index (κ3) is 4.11. The van der Waals surface area contributed by atoms with Gasteiger partial charge in [-0.15, -0.1) is 0 Å². The molecule has 0 N–H and O–H groups in total. The number of benzene rings is 2. The fraction of sp³-hybridized carbons (Fsp3) is 0.304. The Morgan fingerprint density at radius 2 is 1.48 bits per heavy atom. The van der Waals surface area contributed by atoms with E-state index in [9.17, 15) is 19.2 Å². The van der Waals surface area contributed by atoms with Gasteiger partial charge in [-0.05, 0) is 48.7 Å². The quantitative estimate of drug-likeness (QED) is 0.308. The van der Waals surface area contributed by atoms with Crippen LogP contribution in [0.25, 0.3) is 0 Å². The Bertz CT molecular complexity index is 926. The molecule has 0 unspecified atom stereocenters. The lowest BCUT2D eigenvalue weighted by Crippen LogP contribution is -2.47. The molecule has 2 aromatic carbocycles. The Labute approximate surface area is 169 Å². The summed E-state index contributed by atoms with van der Waals surface area (Å²) in [7, 11) is 0. The van der Waals surface area contributed by atoms with Crippen molar-refractivity contribution in [3.05, 3.63) is 65.2 Å². The minimum absolute atomic E-state index is 0.00779. The molecule has 6 nitrogen and oxygen atoms in total. The number of fused-ring (bicyclic) bond motifs is 1. The van der Waals surface area contributed by atoms with Gasteiger partial charge in [-0.1, -0.05) is 32.9 Å². The van der Waals surface area contributed by atoms with Crippen molar-refractivity contribution in [3.8, 4) is 5.75 Å². The number of hydrogen-bond donors (Lipinski definition) is 0. The molecule has 2 aromatic rings. The Hall–Kier alpha value is -3.28. The summed E-state index contributed by atoms with van der Waals surface area (Å²) in [6.07, 6.45) is 0.673. The average Bonchev–Trinajstić information content (AvgIpc) is 2.96. The highest BCUT2D eigenvalue weighted by molar-refractivity contribution is 6.22. The lowest BCUT2D eigenvalue weighted by molar-refractivity contribution is -0.139. The van der Waals surface area contributed by atoms with Crippen molar-refractivity contribution in [2.24, 2.45) is 5.92 Å². The molecule has 1 aliphatic heterocycles. The standard InChI is InChI=1S/C23H23NO5/c1-4-20(25)15-9-11-16(12-10-15)29-23(28)19(13-14(2)3)24-21(26)17-7-5-6-8-18(17)22(24)27/h5-12,14,19H,4,13H2,1-3H3/t19-/m0/s1. The number of esters is 1. The van der Waals surface area contributed by atoms with E-state index in [1.165, 1.54) is 12.1 Å². The molecule has 0 spiro atoms. The van der Waals surface area contributed by atoms with Crippen LogP contribution in [0.15, 0.2) is 48.5 Å². The van der Waals surface area contributed by atoms with Crippen LogP contribution in [0.3, 0.4) is 0 Å². The summed E-state index contributed by atoms with van der Waals surface area (Å²) in [6, 6.07) is 11.8. The minimum Gasteiger partial charge on any atom is -0.425 e. The van der Waals surface area contributed by atoms with Gasteiger partial charge in [-0.3, -0.25) is 19.3 Å². The third-order valence-electron chi connectivity index (χ3n) is 4.82. The van der Waals surface area contributed by atoms with Crippen molar-refractivity contribution in [2.45, 2.75) is 39.7 Å². The highest BCUT2D eigenvalue weighted by Gasteiger charge is 2.43. The van der Waals surface area contributed by atoms with Gasteiger partial charge in [-0.2, -0.15) is 0 Å². The third-order valence-corrected chi connectivity index (χ3v) is 4.82. The molecule has 0 aliphatic carbocycles. The highest BCUT2D eigenvalue weighted by Crippen LogP contribution is 2.28. The number of ketones is 1. The fourth-order valence-corrected chi connectivity index (χ4v) is 3.34. The molecule has 0 saturated heterocycles. The SMILES string of the molecule is CCC(=O)c1ccc(OC(=O)[C@H](CC(C)C)N2C(=O)c3ccccc3C2=O)cc1. The summed E-state index contributed by atoms with van der Waals surface area (Å²) in [5.41, 5.74) is 1.12. The van der Waals surface area contributed by atoms with Crippen molar-refractivity contribution in [1.82, 2.24) is 4.90 Å². The number of nitrogens with zero attached hydrogens (tertiary/aromatic N) is 1. The summed E-state index contributed by atoms with van der Waals surface area (Å²) in [5, 5.41) is 0. The van der Waals surface area contributed by atoms with Crippen LogP contribution < -0.4 is 4.74 Å². The molecular formula is C23H23NO5. The Morgan fingerprint density at radius 3 is 1.97 bits per heavy atom. The van der Waals surface area contributed by atoms with E-state index in [1.807, 2.05) is 13.8 Å².